The number of rotatable bonds is 3. The number of carbonyl (C=O) groups is 1. The first-order valence-corrected chi connectivity index (χ1v) is 5.27. The van der Waals surface area contributed by atoms with E-state index in [1.807, 2.05) is 0 Å². The molecule has 4 heteroatoms. The van der Waals surface area contributed by atoms with E-state index >= 15 is 0 Å². The molecular formula is C11H12BrFO2. The number of Topliss-reactive ketones (excluding diaryl/α,β-unsaturated/α-hetero) is 1. The highest BCUT2D eigenvalue weighted by Gasteiger charge is 2.16. The van der Waals surface area contributed by atoms with Gasteiger partial charge in [0.15, 0.2) is 11.6 Å². The molecule has 0 aromatic heterocycles. The number of aryl methyl sites for hydroxylation is 1. The van der Waals surface area contributed by atoms with Gasteiger partial charge in [0, 0.05) is 16.5 Å². The van der Waals surface area contributed by atoms with E-state index in [1.165, 1.54) is 20.1 Å². The molecule has 2 nitrogen and oxygen atoms in total. The maximum atomic E-state index is 13.5. The zero-order valence-corrected chi connectivity index (χ0v) is 10.4. The first kappa shape index (κ1) is 12.2. The van der Waals surface area contributed by atoms with Gasteiger partial charge in [-0.3, -0.25) is 4.79 Å². The summed E-state index contributed by atoms with van der Waals surface area (Å²) < 4.78 is 19.2. The Hall–Kier alpha value is -0.900. The third-order valence-electron chi connectivity index (χ3n) is 2.08. The van der Waals surface area contributed by atoms with Crippen molar-refractivity contribution < 1.29 is 13.9 Å². The van der Waals surface area contributed by atoms with Crippen molar-refractivity contribution in [2.24, 2.45) is 0 Å². The number of benzene rings is 1. The number of hydrogen-bond acceptors (Lipinski definition) is 2. The number of methoxy groups -OCH3 is 1. The van der Waals surface area contributed by atoms with E-state index in [4.69, 9.17) is 4.74 Å². The molecule has 0 bridgehead atoms. The third-order valence-corrected chi connectivity index (χ3v) is 3.18. The largest absolute Gasteiger partial charge is 0.493 e. The Morgan fingerprint density at radius 2 is 2.20 bits per heavy atom. The number of ether oxygens (including phenoxy) is 1. The van der Waals surface area contributed by atoms with Crippen molar-refractivity contribution in [3.63, 3.8) is 0 Å². The van der Waals surface area contributed by atoms with Crippen LogP contribution in [0.25, 0.3) is 0 Å². The summed E-state index contributed by atoms with van der Waals surface area (Å²) in [6.45, 7) is 3.24. The molecule has 0 spiro atoms. The van der Waals surface area contributed by atoms with Crippen LogP contribution in [0, 0.1) is 12.7 Å². The minimum Gasteiger partial charge on any atom is -0.493 e. The van der Waals surface area contributed by atoms with Gasteiger partial charge in [-0.15, -0.1) is 0 Å². The SMILES string of the molecule is COc1c(F)cc(C)c(Br)c1CC(C)=O. The van der Waals surface area contributed by atoms with Crippen LogP contribution in [0.15, 0.2) is 10.5 Å². The highest BCUT2D eigenvalue weighted by molar-refractivity contribution is 9.10. The van der Waals surface area contributed by atoms with Gasteiger partial charge in [0.2, 0.25) is 0 Å². The molecule has 0 aliphatic heterocycles. The Kier molecular flexibility index (Phi) is 3.85. The molecule has 0 N–H and O–H groups in total. The fraction of sp³-hybridized carbons (Fsp3) is 0.364. The van der Waals surface area contributed by atoms with E-state index in [0.29, 0.717) is 5.56 Å². The van der Waals surface area contributed by atoms with Gasteiger partial charge in [-0.1, -0.05) is 15.9 Å². The van der Waals surface area contributed by atoms with Crippen LogP contribution in [-0.2, 0) is 11.2 Å². The second-order valence-electron chi connectivity index (χ2n) is 3.38. The number of hydrogen-bond donors (Lipinski definition) is 0. The third kappa shape index (κ3) is 2.56. The molecule has 0 fully saturated rings. The minimum atomic E-state index is -0.436. The average molecular weight is 275 g/mol. The maximum Gasteiger partial charge on any atom is 0.165 e. The number of halogens is 2. The van der Waals surface area contributed by atoms with Crippen LogP contribution in [0.4, 0.5) is 4.39 Å². The van der Waals surface area contributed by atoms with Crippen LogP contribution < -0.4 is 4.74 Å². The first-order valence-electron chi connectivity index (χ1n) is 4.48. The molecule has 1 aromatic rings. The van der Waals surface area contributed by atoms with Gasteiger partial charge < -0.3 is 4.74 Å². The topological polar surface area (TPSA) is 26.3 Å². The molecule has 0 aliphatic rings. The molecule has 0 heterocycles. The Morgan fingerprint density at radius 3 is 2.67 bits per heavy atom. The standard InChI is InChI=1S/C11H12BrFO2/c1-6-4-9(13)11(15-3)8(10(6)12)5-7(2)14/h4H,5H2,1-3H3. The van der Waals surface area contributed by atoms with E-state index in [0.717, 1.165) is 10.0 Å². The van der Waals surface area contributed by atoms with Crippen LogP contribution in [0.3, 0.4) is 0 Å². The first-order chi connectivity index (χ1) is 6.97. The quantitative estimate of drug-likeness (QED) is 0.847. The molecule has 1 rings (SSSR count). The summed E-state index contributed by atoms with van der Waals surface area (Å²) in [4.78, 5) is 11.1. The van der Waals surface area contributed by atoms with Gasteiger partial charge in [-0.2, -0.15) is 0 Å². The lowest BCUT2D eigenvalue weighted by atomic mass is 10.1. The Bertz CT molecular complexity index is 402. The summed E-state index contributed by atoms with van der Waals surface area (Å²) in [6.07, 6.45) is 0.169. The molecule has 0 saturated heterocycles. The minimum absolute atomic E-state index is 0.0287. The van der Waals surface area contributed by atoms with Crippen LogP contribution in [0.5, 0.6) is 5.75 Å². The summed E-state index contributed by atoms with van der Waals surface area (Å²) in [7, 11) is 1.39. The van der Waals surface area contributed by atoms with E-state index in [9.17, 15) is 9.18 Å². The average Bonchev–Trinajstić information content (AvgIpc) is 2.13. The normalized spacial score (nSPS) is 10.2. The van der Waals surface area contributed by atoms with Crippen molar-refractivity contribution in [1.29, 1.82) is 0 Å². The number of ketones is 1. The smallest absolute Gasteiger partial charge is 0.165 e. The molecule has 0 atom stereocenters. The van der Waals surface area contributed by atoms with Gasteiger partial charge >= 0.3 is 0 Å². The molecule has 0 unspecified atom stereocenters. The van der Waals surface area contributed by atoms with Crippen molar-refractivity contribution in [2.45, 2.75) is 20.3 Å². The Labute approximate surface area is 96.6 Å². The molecular weight excluding hydrogens is 263 g/mol. The summed E-state index contributed by atoms with van der Waals surface area (Å²) in [6, 6.07) is 1.38. The van der Waals surface area contributed by atoms with Crippen molar-refractivity contribution in [2.75, 3.05) is 7.11 Å². The Balaban J connectivity index is 3.36. The molecule has 82 valence electrons. The van der Waals surface area contributed by atoms with E-state index in [1.54, 1.807) is 6.92 Å². The molecule has 0 saturated carbocycles. The van der Waals surface area contributed by atoms with Gasteiger partial charge in [0.1, 0.15) is 5.78 Å². The van der Waals surface area contributed by atoms with E-state index in [2.05, 4.69) is 15.9 Å². The number of carbonyl (C=O) groups excluding carboxylic acids is 1. The summed E-state index contributed by atoms with van der Waals surface area (Å²) in [5.41, 5.74) is 1.33. The second kappa shape index (κ2) is 4.75. The molecule has 0 aliphatic carbocycles. The molecule has 0 radical (unpaired) electrons. The zero-order chi connectivity index (χ0) is 11.6. The van der Waals surface area contributed by atoms with Gasteiger partial charge in [0.25, 0.3) is 0 Å². The molecule has 0 amide bonds. The Morgan fingerprint density at radius 1 is 1.60 bits per heavy atom. The van der Waals surface area contributed by atoms with Crippen molar-refractivity contribution in [1.82, 2.24) is 0 Å². The van der Waals surface area contributed by atoms with E-state index in [-0.39, 0.29) is 18.0 Å². The zero-order valence-electron chi connectivity index (χ0n) is 8.86. The second-order valence-corrected chi connectivity index (χ2v) is 4.17. The lowest BCUT2D eigenvalue weighted by molar-refractivity contribution is -0.116. The van der Waals surface area contributed by atoms with Crippen molar-refractivity contribution >= 4 is 21.7 Å². The molecule has 1 aromatic carbocycles. The summed E-state index contributed by atoms with van der Waals surface area (Å²) >= 11 is 3.34. The summed E-state index contributed by atoms with van der Waals surface area (Å²) in [5, 5.41) is 0. The van der Waals surface area contributed by atoms with E-state index < -0.39 is 5.82 Å². The predicted octanol–water partition coefficient (Wildman–Crippen LogP) is 3.04. The van der Waals surface area contributed by atoms with Crippen molar-refractivity contribution in [3.8, 4) is 5.75 Å². The highest BCUT2D eigenvalue weighted by Crippen LogP contribution is 2.33. The highest BCUT2D eigenvalue weighted by atomic mass is 79.9. The summed E-state index contributed by atoms with van der Waals surface area (Å²) in [5.74, 6) is -0.323. The van der Waals surface area contributed by atoms with Gasteiger partial charge in [-0.05, 0) is 25.5 Å². The fourth-order valence-electron chi connectivity index (χ4n) is 1.43. The predicted molar refractivity (Wildman–Crippen MR) is 59.8 cm³/mol. The molecule has 15 heavy (non-hydrogen) atoms. The lowest BCUT2D eigenvalue weighted by Gasteiger charge is -2.12. The van der Waals surface area contributed by atoms with Crippen LogP contribution >= 0.6 is 15.9 Å². The lowest BCUT2D eigenvalue weighted by Crippen LogP contribution is -2.03. The van der Waals surface area contributed by atoms with Crippen LogP contribution in [0.1, 0.15) is 18.1 Å². The fourth-order valence-corrected chi connectivity index (χ4v) is 1.86. The maximum absolute atomic E-state index is 13.5. The van der Waals surface area contributed by atoms with Crippen molar-refractivity contribution in [3.05, 3.63) is 27.5 Å². The monoisotopic (exact) mass is 274 g/mol. The van der Waals surface area contributed by atoms with Gasteiger partial charge in [0.05, 0.1) is 7.11 Å². The van der Waals surface area contributed by atoms with Gasteiger partial charge in [-0.25, -0.2) is 4.39 Å². The van der Waals surface area contributed by atoms with Crippen LogP contribution in [0.2, 0.25) is 0 Å². The van der Waals surface area contributed by atoms with Crippen LogP contribution in [-0.4, -0.2) is 12.9 Å².